The second-order valence-electron chi connectivity index (χ2n) is 8.08. The Kier molecular flexibility index (Phi) is 7.06. The molecule has 0 aliphatic carbocycles. The van der Waals surface area contributed by atoms with Gasteiger partial charge in [-0.2, -0.15) is 0 Å². The van der Waals surface area contributed by atoms with Crippen LogP contribution < -0.4 is 0 Å². The lowest BCUT2D eigenvalue weighted by atomic mass is 9.87. The van der Waals surface area contributed by atoms with E-state index in [4.69, 9.17) is 0 Å². The van der Waals surface area contributed by atoms with E-state index in [1.807, 2.05) is 0 Å². The Hall–Kier alpha value is -1.79. The standard InChI is InChI=1S/C23H29F2NO2S/c1-3-17-8-11-26(12-9-17)13-10-23(19-14-20(24)16-21(25)15-19)18-4-6-22(7-5-18)29(2,27)28/h4-7,14-17,23H,3,8-13H2,1-2H3. The van der Waals surface area contributed by atoms with Crippen LogP contribution in [0.5, 0.6) is 0 Å². The second kappa shape index (κ2) is 9.35. The number of likely N-dealkylation sites (tertiary alicyclic amines) is 1. The van der Waals surface area contributed by atoms with Gasteiger partial charge in [-0.25, -0.2) is 17.2 Å². The Labute approximate surface area is 172 Å². The molecule has 0 bridgehead atoms. The summed E-state index contributed by atoms with van der Waals surface area (Å²) in [6, 6.07) is 10.3. The molecule has 158 valence electrons. The molecule has 1 heterocycles. The van der Waals surface area contributed by atoms with Crippen LogP contribution in [-0.4, -0.2) is 39.2 Å². The van der Waals surface area contributed by atoms with Gasteiger partial charge in [0, 0.05) is 18.2 Å². The first-order valence-electron chi connectivity index (χ1n) is 10.2. The van der Waals surface area contributed by atoms with Crippen molar-refractivity contribution in [3.63, 3.8) is 0 Å². The van der Waals surface area contributed by atoms with Crippen molar-refractivity contribution in [2.24, 2.45) is 5.92 Å². The molecule has 1 aliphatic heterocycles. The van der Waals surface area contributed by atoms with E-state index in [-0.39, 0.29) is 10.8 Å². The van der Waals surface area contributed by atoms with E-state index in [1.54, 1.807) is 24.3 Å². The summed E-state index contributed by atoms with van der Waals surface area (Å²) in [6.07, 6.45) is 5.49. The highest BCUT2D eigenvalue weighted by molar-refractivity contribution is 7.90. The third kappa shape index (κ3) is 5.86. The highest BCUT2D eigenvalue weighted by Gasteiger charge is 2.21. The zero-order chi connectivity index (χ0) is 21.0. The fourth-order valence-corrected chi connectivity index (χ4v) is 4.81. The number of rotatable bonds is 7. The van der Waals surface area contributed by atoms with Crippen LogP contribution in [0.4, 0.5) is 8.78 Å². The number of benzene rings is 2. The fraction of sp³-hybridized carbons (Fsp3) is 0.478. The number of halogens is 2. The Balaban J connectivity index is 1.82. The van der Waals surface area contributed by atoms with Crippen LogP contribution in [0.3, 0.4) is 0 Å². The molecule has 2 aromatic carbocycles. The van der Waals surface area contributed by atoms with Gasteiger partial charge in [0.1, 0.15) is 11.6 Å². The zero-order valence-electron chi connectivity index (χ0n) is 17.1. The molecule has 6 heteroatoms. The molecule has 3 rings (SSSR count). The molecule has 0 spiro atoms. The van der Waals surface area contributed by atoms with Gasteiger partial charge in [0.2, 0.25) is 0 Å². The zero-order valence-corrected chi connectivity index (χ0v) is 17.9. The Morgan fingerprint density at radius 2 is 1.59 bits per heavy atom. The molecule has 0 saturated carbocycles. The number of hydrogen-bond donors (Lipinski definition) is 0. The molecule has 3 nitrogen and oxygen atoms in total. The summed E-state index contributed by atoms with van der Waals surface area (Å²) < 4.78 is 51.2. The fourth-order valence-electron chi connectivity index (χ4n) is 4.18. The van der Waals surface area contributed by atoms with Gasteiger partial charge in [-0.05, 0) is 80.2 Å². The topological polar surface area (TPSA) is 37.4 Å². The normalized spacial score (nSPS) is 17.4. The maximum atomic E-state index is 13.9. The maximum absolute atomic E-state index is 13.9. The van der Waals surface area contributed by atoms with Crippen LogP contribution in [0, 0.1) is 17.6 Å². The summed E-state index contributed by atoms with van der Waals surface area (Å²) in [7, 11) is -3.29. The molecule has 0 amide bonds. The summed E-state index contributed by atoms with van der Waals surface area (Å²) in [4.78, 5) is 2.66. The lowest BCUT2D eigenvalue weighted by molar-refractivity contribution is 0.178. The van der Waals surface area contributed by atoms with Crippen molar-refractivity contribution in [2.45, 2.75) is 43.4 Å². The van der Waals surface area contributed by atoms with Gasteiger partial charge in [-0.1, -0.05) is 25.5 Å². The van der Waals surface area contributed by atoms with Crippen LogP contribution in [0.1, 0.15) is 49.7 Å². The van der Waals surface area contributed by atoms with Gasteiger partial charge < -0.3 is 4.90 Å². The average Bonchev–Trinajstić information content (AvgIpc) is 2.67. The van der Waals surface area contributed by atoms with Crippen LogP contribution in [-0.2, 0) is 9.84 Å². The van der Waals surface area contributed by atoms with Gasteiger partial charge in [0.25, 0.3) is 0 Å². The Morgan fingerprint density at radius 1 is 1.00 bits per heavy atom. The minimum atomic E-state index is -3.29. The monoisotopic (exact) mass is 421 g/mol. The minimum Gasteiger partial charge on any atom is -0.303 e. The lowest BCUT2D eigenvalue weighted by Crippen LogP contribution is -2.34. The van der Waals surface area contributed by atoms with Crippen molar-refractivity contribution in [2.75, 3.05) is 25.9 Å². The molecule has 1 aliphatic rings. The van der Waals surface area contributed by atoms with Crippen LogP contribution in [0.25, 0.3) is 0 Å². The average molecular weight is 422 g/mol. The molecular formula is C23H29F2NO2S. The van der Waals surface area contributed by atoms with E-state index in [2.05, 4.69) is 11.8 Å². The van der Waals surface area contributed by atoms with Gasteiger partial charge in [-0.3, -0.25) is 0 Å². The molecule has 1 saturated heterocycles. The van der Waals surface area contributed by atoms with Crippen molar-refractivity contribution in [3.8, 4) is 0 Å². The van der Waals surface area contributed by atoms with E-state index < -0.39 is 21.5 Å². The van der Waals surface area contributed by atoms with Crippen molar-refractivity contribution in [1.29, 1.82) is 0 Å². The Morgan fingerprint density at radius 3 is 2.10 bits per heavy atom. The summed E-state index contributed by atoms with van der Waals surface area (Å²) in [5, 5.41) is 0. The summed E-state index contributed by atoms with van der Waals surface area (Å²) in [6.45, 7) is 5.17. The predicted octanol–water partition coefficient (Wildman–Crippen LogP) is 5.01. The molecule has 0 radical (unpaired) electrons. The third-order valence-corrected chi connectivity index (χ3v) is 7.14. The first-order valence-corrected chi connectivity index (χ1v) is 12.1. The third-order valence-electron chi connectivity index (χ3n) is 6.02. The van der Waals surface area contributed by atoms with E-state index in [9.17, 15) is 17.2 Å². The molecule has 0 aromatic heterocycles. The highest BCUT2D eigenvalue weighted by atomic mass is 32.2. The molecular weight excluding hydrogens is 392 g/mol. The van der Waals surface area contributed by atoms with Crippen LogP contribution >= 0.6 is 0 Å². The molecule has 2 aromatic rings. The van der Waals surface area contributed by atoms with Crippen LogP contribution in [0.2, 0.25) is 0 Å². The summed E-state index contributed by atoms with van der Waals surface area (Å²) in [5.74, 6) is -0.594. The molecule has 1 atom stereocenters. The number of nitrogens with zero attached hydrogens (tertiary/aromatic N) is 1. The van der Waals surface area contributed by atoms with Crippen molar-refractivity contribution in [3.05, 3.63) is 65.2 Å². The van der Waals surface area contributed by atoms with Gasteiger partial charge in [0.05, 0.1) is 4.90 Å². The summed E-state index contributed by atoms with van der Waals surface area (Å²) in [5.41, 5.74) is 1.45. The summed E-state index contributed by atoms with van der Waals surface area (Å²) >= 11 is 0. The van der Waals surface area contributed by atoms with Gasteiger partial charge in [-0.15, -0.1) is 0 Å². The van der Waals surface area contributed by atoms with Crippen LogP contribution in [0.15, 0.2) is 47.4 Å². The Bertz CT molecular complexity index is 900. The van der Waals surface area contributed by atoms with E-state index in [0.717, 1.165) is 43.6 Å². The first kappa shape index (κ1) is 21.9. The van der Waals surface area contributed by atoms with Crippen molar-refractivity contribution >= 4 is 9.84 Å². The number of sulfone groups is 1. The number of piperidine rings is 1. The molecule has 0 N–H and O–H groups in total. The first-order chi connectivity index (χ1) is 13.8. The highest BCUT2D eigenvalue weighted by Crippen LogP contribution is 2.31. The quantitative estimate of drug-likeness (QED) is 0.631. The molecule has 1 unspecified atom stereocenters. The smallest absolute Gasteiger partial charge is 0.175 e. The lowest BCUT2D eigenvalue weighted by Gasteiger charge is -2.32. The van der Waals surface area contributed by atoms with E-state index in [0.29, 0.717) is 5.56 Å². The van der Waals surface area contributed by atoms with E-state index in [1.165, 1.54) is 37.7 Å². The number of hydrogen-bond acceptors (Lipinski definition) is 3. The largest absolute Gasteiger partial charge is 0.303 e. The SMILES string of the molecule is CCC1CCN(CCC(c2ccc(S(C)(=O)=O)cc2)c2cc(F)cc(F)c2)CC1. The molecule has 29 heavy (non-hydrogen) atoms. The van der Waals surface area contributed by atoms with Gasteiger partial charge in [0.15, 0.2) is 9.84 Å². The predicted molar refractivity (Wildman–Crippen MR) is 112 cm³/mol. The van der Waals surface area contributed by atoms with E-state index >= 15 is 0 Å². The van der Waals surface area contributed by atoms with Crippen molar-refractivity contribution < 1.29 is 17.2 Å². The van der Waals surface area contributed by atoms with Gasteiger partial charge >= 0.3 is 0 Å². The maximum Gasteiger partial charge on any atom is 0.175 e. The van der Waals surface area contributed by atoms with Crippen molar-refractivity contribution in [1.82, 2.24) is 4.90 Å². The minimum absolute atomic E-state index is 0.197. The second-order valence-corrected chi connectivity index (χ2v) is 10.1. The molecule has 1 fully saturated rings.